The Hall–Kier alpha value is -2.49. The molecule has 0 bridgehead atoms. The maximum atomic E-state index is 13.8. The number of anilines is 1. The van der Waals surface area contributed by atoms with Crippen molar-refractivity contribution in [1.82, 2.24) is 9.97 Å². The quantitative estimate of drug-likeness (QED) is 0.781. The molecule has 1 N–H and O–H groups in total. The van der Waals surface area contributed by atoms with Crippen molar-refractivity contribution in [2.45, 2.75) is 13.0 Å². The van der Waals surface area contributed by atoms with Crippen LogP contribution in [-0.4, -0.2) is 9.97 Å². The fourth-order valence-electron chi connectivity index (χ4n) is 2.23. The van der Waals surface area contributed by atoms with Gasteiger partial charge in [0.15, 0.2) is 0 Å². The molecule has 0 amide bonds. The second-order valence-corrected chi connectivity index (χ2v) is 4.63. The zero-order chi connectivity index (χ0) is 13.9. The van der Waals surface area contributed by atoms with Crippen molar-refractivity contribution in [1.29, 1.82) is 0 Å². The molecule has 100 valence electrons. The molecule has 0 saturated carbocycles. The summed E-state index contributed by atoms with van der Waals surface area (Å²) in [4.78, 5) is 8.47. The highest BCUT2D eigenvalue weighted by molar-refractivity contribution is 5.88. The van der Waals surface area contributed by atoms with Crippen LogP contribution >= 0.6 is 0 Å². The topological polar surface area (TPSA) is 37.8 Å². The van der Waals surface area contributed by atoms with Gasteiger partial charge in [-0.25, -0.2) is 14.4 Å². The number of rotatable bonds is 3. The van der Waals surface area contributed by atoms with Crippen LogP contribution < -0.4 is 5.32 Å². The molecule has 1 aromatic heterocycles. The lowest BCUT2D eigenvalue weighted by atomic mass is 10.1. The molecule has 1 atom stereocenters. The van der Waals surface area contributed by atoms with Gasteiger partial charge in [0.05, 0.1) is 11.6 Å². The predicted octanol–water partition coefficient (Wildman–Crippen LogP) is 3.94. The van der Waals surface area contributed by atoms with Gasteiger partial charge in [-0.2, -0.15) is 0 Å². The first-order valence-corrected chi connectivity index (χ1v) is 6.46. The van der Waals surface area contributed by atoms with E-state index in [1.165, 1.54) is 12.4 Å². The number of halogens is 1. The van der Waals surface area contributed by atoms with Crippen molar-refractivity contribution < 1.29 is 4.39 Å². The second-order valence-electron chi connectivity index (χ2n) is 4.63. The van der Waals surface area contributed by atoms with E-state index >= 15 is 0 Å². The van der Waals surface area contributed by atoms with Gasteiger partial charge in [0.2, 0.25) is 0 Å². The monoisotopic (exact) mass is 267 g/mol. The van der Waals surface area contributed by atoms with E-state index in [1.54, 1.807) is 12.1 Å². The molecule has 3 nitrogen and oxygen atoms in total. The average molecular weight is 267 g/mol. The van der Waals surface area contributed by atoms with E-state index < -0.39 is 0 Å². The van der Waals surface area contributed by atoms with E-state index in [0.717, 1.165) is 10.9 Å². The fraction of sp³-hybridized carbons (Fsp3) is 0.125. The Labute approximate surface area is 116 Å². The first kappa shape index (κ1) is 12.5. The van der Waals surface area contributed by atoms with Crippen LogP contribution in [-0.2, 0) is 0 Å². The summed E-state index contributed by atoms with van der Waals surface area (Å²) < 4.78 is 13.8. The summed E-state index contributed by atoms with van der Waals surface area (Å²) in [6, 6.07) is 14.3. The summed E-state index contributed by atoms with van der Waals surface area (Å²) in [6.07, 6.45) is 1.51. The molecule has 0 saturated heterocycles. The van der Waals surface area contributed by atoms with E-state index in [4.69, 9.17) is 0 Å². The minimum Gasteiger partial charge on any atom is -0.363 e. The van der Waals surface area contributed by atoms with Gasteiger partial charge in [0, 0.05) is 10.9 Å². The maximum Gasteiger partial charge on any atom is 0.137 e. The van der Waals surface area contributed by atoms with Gasteiger partial charge in [-0.1, -0.05) is 30.3 Å². The highest BCUT2D eigenvalue weighted by atomic mass is 19.1. The van der Waals surface area contributed by atoms with Crippen molar-refractivity contribution in [3.05, 3.63) is 66.2 Å². The molecule has 3 aromatic rings. The molecule has 0 spiro atoms. The molecule has 0 aliphatic carbocycles. The van der Waals surface area contributed by atoms with Gasteiger partial charge < -0.3 is 5.32 Å². The number of fused-ring (bicyclic) bond motifs is 1. The Bertz CT molecular complexity index is 737. The first-order valence-electron chi connectivity index (χ1n) is 6.46. The van der Waals surface area contributed by atoms with Gasteiger partial charge in [0.1, 0.15) is 18.0 Å². The minimum absolute atomic E-state index is 0.172. The normalized spacial score (nSPS) is 12.3. The van der Waals surface area contributed by atoms with Crippen LogP contribution in [0.25, 0.3) is 10.9 Å². The van der Waals surface area contributed by atoms with Crippen LogP contribution in [0.5, 0.6) is 0 Å². The predicted molar refractivity (Wildman–Crippen MR) is 78.0 cm³/mol. The molecular formula is C16H14FN3. The molecule has 2 aromatic carbocycles. The molecule has 0 aliphatic heterocycles. The van der Waals surface area contributed by atoms with E-state index in [0.29, 0.717) is 11.4 Å². The summed E-state index contributed by atoms with van der Waals surface area (Å²) >= 11 is 0. The average Bonchev–Trinajstić information content (AvgIpc) is 2.48. The van der Waals surface area contributed by atoms with Crippen molar-refractivity contribution in [3.8, 4) is 0 Å². The Balaban J connectivity index is 1.96. The second kappa shape index (κ2) is 5.25. The highest BCUT2D eigenvalue weighted by Crippen LogP contribution is 2.24. The third kappa shape index (κ3) is 2.32. The lowest BCUT2D eigenvalue weighted by Crippen LogP contribution is -2.10. The van der Waals surface area contributed by atoms with Crippen LogP contribution in [0.4, 0.5) is 10.2 Å². The Morgan fingerprint density at radius 2 is 1.75 bits per heavy atom. The number of para-hydroxylation sites is 1. The van der Waals surface area contributed by atoms with Crippen LogP contribution in [0.15, 0.2) is 54.9 Å². The molecule has 20 heavy (non-hydrogen) atoms. The smallest absolute Gasteiger partial charge is 0.137 e. The summed E-state index contributed by atoms with van der Waals surface area (Å²) in [7, 11) is 0. The van der Waals surface area contributed by atoms with E-state index in [9.17, 15) is 4.39 Å². The number of hydrogen-bond donors (Lipinski definition) is 1. The van der Waals surface area contributed by atoms with Crippen LogP contribution in [0.1, 0.15) is 18.5 Å². The zero-order valence-electron chi connectivity index (χ0n) is 11.0. The number of hydrogen-bond acceptors (Lipinski definition) is 3. The fourth-order valence-corrected chi connectivity index (χ4v) is 2.23. The molecule has 3 rings (SSSR count). The third-order valence-electron chi connectivity index (χ3n) is 3.27. The standard InChI is InChI=1S/C16H14FN3/c1-11(12-6-2-4-8-14(12)17)20-16-13-7-3-5-9-15(13)18-10-19-16/h2-11H,1H3,(H,18,19,20)/t11-/m0/s1. The van der Waals surface area contributed by atoms with Crippen molar-refractivity contribution in [2.24, 2.45) is 0 Å². The molecule has 4 heteroatoms. The van der Waals surface area contributed by atoms with Crippen LogP contribution in [0.3, 0.4) is 0 Å². The van der Waals surface area contributed by atoms with Gasteiger partial charge in [-0.15, -0.1) is 0 Å². The number of nitrogens with zero attached hydrogens (tertiary/aromatic N) is 2. The third-order valence-corrected chi connectivity index (χ3v) is 3.27. The number of nitrogens with one attached hydrogen (secondary N) is 1. The van der Waals surface area contributed by atoms with Crippen LogP contribution in [0.2, 0.25) is 0 Å². The SMILES string of the molecule is C[C@H](Nc1ncnc2ccccc12)c1ccccc1F. The zero-order valence-corrected chi connectivity index (χ0v) is 11.0. The molecule has 1 heterocycles. The first-order chi connectivity index (χ1) is 9.75. The Morgan fingerprint density at radius 3 is 2.60 bits per heavy atom. The van der Waals surface area contributed by atoms with Gasteiger partial charge in [0.25, 0.3) is 0 Å². The minimum atomic E-state index is -0.217. The Kier molecular flexibility index (Phi) is 3.29. The van der Waals surface area contributed by atoms with Crippen molar-refractivity contribution >= 4 is 16.7 Å². The molecule has 0 radical (unpaired) electrons. The van der Waals surface area contributed by atoms with Crippen LogP contribution in [0, 0.1) is 5.82 Å². The summed E-state index contributed by atoms with van der Waals surface area (Å²) in [5, 5.41) is 4.18. The van der Waals surface area contributed by atoms with Gasteiger partial charge in [-0.05, 0) is 25.1 Å². The van der Waals surface area contributed by atoms with Crippen molar-refractivity contribution in [3.63, 3.8) is 0 Å². The summed E-state index contributed by atoms with van der Waals surface area (Å²) in [6.45, 7) is 1.91. The molecular weight excluding hydrogens is 253 g/mol. The Morgan fingerprint density at radius 1 is 1.00 bits per heavy atom. The largest absolute Gasteiger partial charge is 0.363 e. The van der Waals surface area contributed by atoms with E-state index in [-0.39, 0.29) is 11.9 Å². The van der Waals surface area contributed by atoms with E-state index in [1.807, 2.05) is 37.3 Å². The highest BCUT2D eigenvalue weighted by Gasteiger charge is 2.12. The lowest BCUT2D eigenvalue weighted by Gasteiger charge is -2.16. The number of benzene rings is 2. The number of aromatic nitrogens is 2. The molecule has 0 fully saturated rings. The van der Waals surface area contributed by atoms with Gasteiger partial charge >= 0.3 is 0 Å². The van der Waals surface area contributed by atoms with Crippen molar-refractivity contribution in [2.75, 3.05) is 5.32 Å². The summed E-state index contributed by atoms with van der Waals surface area (Å²) in [5.74, 6) is 0.497. The van der Waals surface area contributed by atoms with E-state index in [2.05, 4.69) is 15.3 Å². The maximum absolute atomic E-state index is 13.8. The molecule has 0 aliphatic rings. The molecule has 0 unspecified atom stereocenters. The van der Waals surface area contributed by atoms with Gasteiger partial charge in [-0.3, -0.25) is 0 Å². The summed E-state index contributed by atoms with van der Waals surface area (Å²) in [5.41, 5.74) is 1.49. The lowest BCUT2D eigenvalue weighted by molar-refractivity contribution is 0.600.